The summed E-state index contributed by atoms with van der Waals surface area (Å²) in [6.07, 6.45) is 6.06. The van der Waals surface area contributed by atoms with Gasteiger partial charge in [0.25, 0.3) is 0 Å². The molecule has 368 valence electrons. The molecule has 0 saturated carbocycles. The zero-order valence-corrected chi connectivity index (χ0v) is 38.6. The zero-order valence-electron chi connectivity index (χ0n) is 36.2. The first-order chi connectivity index (χ1) is 34.9. The van der Waals surface area contributed by atoms with Gasteiger partial charge in [0.2, 0.25) is 17.5 Å². The highest BCUT2D eigenvalue weighted by Crippen LogP contribution is 2.41. The Morgan fingerprint density at radius 3 is 0.658 bits per heavy atom. The molecule has 0 N–H and O–H groups in total. The zero-order chi connectivity index (χ0) is 52.0. The third kappa shape index (κ3) is 9.74. The van der Waals surface area contributed by atoms with Crippen LogP contribution in [-0.2, 0) is 0 Å². The van der Waals surface area contributed by atoms with Crippen LogP contribution < -0.4 is 4.90 Å². The number of halogens is 15. The standard InChI is InChI=1S/C54H24F15NS3/c55-40-34(41(56)47(62)52(67)46(40)61)19-13-31-16-22-37(71-31)25-1-7-28(8-2-25)70(29-9-3-26(4-10-29)38-23-17-32(72-38)14-20-35-42(57)48(63)53(68)49(64)43(35)58)30-11-5-27(6-12-30)39-24-18-33(73-39)15-21-36-44(59)50(65)54(69)51(66)45(36)60/h1-24H/b19-13+,20-14+,21-15+. The van der Waals surface area contributed by atoms with Crippen molar-refractivity contribution in [2.75, 3.05) is 4.90 Å². The van der Waals surface area contributed by atoms with E-state index in [9.17, 15) is 65.9 Å². The second kappa shape index (κ2) is 20.5. The Hall–Kier alpha value is -7.61. The number of hydrogen-bond donors (Lipinski definition) is 0. The van der Waals surface area contributed by atoms with Gasteiger partial charge in [-0.3, -0.25) is 0 Å². The maximum Gasteiger partial charge on any atom is 0.200 e. The molecule has 0 radical (unpaired) electrons. The van der Waals surface area contributed by atoms with Gasteiger partial charge in [-0.05, 0) is 126 Å². The molecule has 0 aliphatic heterocycles. The minimum absolute atomic E-state index is 0.440. The van der Waals surface area contributed by atoms with Crippen molar-refractivity contribution < 1.29 is 65.9 Å². The van der Waals surface area contributed by atoms with E-state index >= 15 is 0 Å². The molecule has 0 saturated heterocycles. The fourth-order valence-electron chi connectivity index (χ4n) is 7.37. The van der Waals surface area contributed by atoms with Crippen LogP contribution in [0.1, 0.15) is 31.3 Å². The van der Waals surface area contributed by atoms with Gasteiger partial charge in [-0.2, -0.15) is 0 Å². The topological polar surface area (TPSA) is 3.24 Å². The molecule has 0 atom stereocenters. The quantitative estimate of drug-likeness (QED) is 0.0670. The average molecular weight is 1070 g/mol. The molecule has 0 amide bonds. The van der Waals surface area contributed by atoms with E-state index < -0.39 is 104 Å². The molecule has 9 aromatic rings. The van der Waals surface area contributed by atoms with Crippen molar-refractivity contribution in [2.45, 2.75) is 0 Å². The summed E-state index contributed by atoms with van der Waals surface area (Å²) in [7, 11) is 0. The summed E-state index contributed by atoms with van der Waals surface area (Å²) in [5, 5.41) is 0. The van der Waals surface area contributed by atoms with Crippen LogP contribution in [0.3, 0.4) is 0 Å². The maximum absolute atomic E-state index is 14.3. The summed E-state index contributed by atoms with van der Waals surface area (Å²) < 4.78 is 209. The Morgan fingerprint density at radius 2 is 0.438 bits per heavy atom. The number of nitrogens with zero attached hydrogens (tertiary/aromatic N) is 1. The highest BCUT2D eigenvalue weighted by molar-refractivity contribution is 7.17. The molecule has 0 unspecified atom stereocenters. The molecular weight excluding hydrogens is 1040 g/mol. The van der Waals surface area contributed by atoms with Crippen LogP contribution >= 0.6 is 34.0 Å². The van der Waals surface area contributed by atoms with Gasteiger partial charge in [-0.25, -0.2) is 65.9 Å². The molecule has 3 aromatic heterocycles. The summed E-state index contributed by atoms with van der Waals surface area (Å²) >= 11 is 3.54. The van der Waals surface area contributed by atoms with Crippen molar-refractivity contribution in [1.82, 2.24) is 0 Å². The molecular formula is C54H24F15NS3. The molecule has 3 heterocycles. The van der Waals surface area contributed by atoms with E-state index in [1.165, 1.54) is 52.2 Å². The first kappa shape index (κ1) is 50.3. The molecule has 19 heteroatoms. The van der Waals surface area contributed by atoms with Crippen LogP contribution in [-0.4, -0.2) is 0 Å². The van der Waals surface area contributed by atoms with Gasteiger partial charge in [0.15, 0.2) is 69.8 Å². The predicted octanol–water partition coefficient (Wildman–Crippen LogP) is 18.9. The Labute approximate surface area is 415 Å². The minimum atomic E-state index is -2.27. The van der Waals surface area contributed by atoms with Gasteiger partial charge >= 0.3 is 0 Å². The fraction of sp³-hybridized carbons (Fsp3) is 0. The van der Waals surface area contributed by atoms with Crippen molar-refractivity contribution >= 4 is 87.5 Å². The third-order valence-corrected chi connectivity index (χ3v) is 14.4. The highest BCUT2D eigenvalue weighted by atomic mass is 32.1. The summed E-state index contributed by atoms with van der Waals surface area (Å²) in [5.74, 6) is -31.0. The minimum Gasteiger partial charge on any atom is -0.311 e. The Bertz CT molecular complexity index is 3210. The molecule has 0 fully saturated rings. The van der Waals surface area contributed by atoms with Crippen LogP contribution in [0.15, 0.2) is 109 Å². The largest absolute Gasteiger partial charge is 0.311 e. The van der Waals surface area contributed by atoms with E-state index in [0.717, 1.165) is 18.2 Å². The van der Waals surface area contributed by atoms with Gasteiger partial charge in [0, 0.05) is 46.3 Å². The van der Waals surface area contributed by atoms with Gasteiger partial charge < -0.3 is 4.90 Å². The molecule has 73 heavy (non-hydrogen) atoms. The van der Waals surface area contributed by atoms with Crippen LogP contribution in [0, 0.1) is 87.3 Å². The molecule has 6 aromatic carbocycles. The van der Waals surface area contributed by atoms with Crippen LogP contribution in [0.25, 0.3) is 67.8 Å². The summed E-state index contributed by atoms with van der Waals surface area (Å²) in [4.78, 5) is 5.31. The Morgan fingerprint density at radius 1 is 0.233 bits per heavy atom. The van der Waals surface area contributed by atoms with E-state index in [-0.39, 0.29) is 0 Å². The summed E-state index contributed by atoms with van der Waals surface area (Å²) in [6.45, 7) is 0. The fourth-order valence-corrected chi connectivity index (χ4v) is 10.1. The Balaban J connectivity index is 0.999. The lowest BCUT2D eigenvalue weighted by molar-refractivity contribution is 0.377. The SMILES string of the molecule is Fc1c(F)c(F)c(/C=C/c2ccc(-c3ccc(N(c4ccc(-c5ccc(/C=C/c6c(F)c(F)c(F)c(F)c6F)s5)cc4)c4ccc(-c5ccc(/C=C/c6c(F)c(F)c(F)c(F)c6F)s5)cc4)cc3)s2)c(F)c1F. The van der Waals surface area contributed by atoms with Gasteiger partial charge in [-0.1, -0.05) is 36.4 Å². The number of rotatable bonds is 12. The van der Waals surface area contributed by atoms with E-state index in [0.29, 0.717) is 63.0 Å². The van der Waals surface area contributed by atoms with E-state index in [1.54, 1.807) is 72.8 Å². The third-order valence-electron chi connectivity index (χ3n) is 11.1. The van der Waals surface area contributed by atoms with Gasteiger partial charge in [0.05, 0.1) is 16.7 Å². The monoisotopic (exact) mass is 1070 g/mol. The molecule has 1 nitrogen and oxygen atoms in total. The number of hydrogen-bond acceptors (Lipinski definition) is 4. The van der Waals surface area contributed by atoms with Crippen molar-refractivity contribution in [3.63, 3.8) is 0 Å². The first-order valence-corrected chi connectivity index (χ1v) is 23.4. The van der Waals surface area contributed by atoms with Crippen molar-refractivity contribution in [3.8, 4) is 31.3 Å². The lowest BCUT2D eigenvalue weighted by Gasteiger charge is -2.26. The van der Waals surface area contributed by atoms with E-state index in [1.807, 2.05) is 41.3 Å². The number of anilines is 3. The number of thiophene rings is 3. The van der Waals surface area contributed by atoms with E-state index in [2.05, 4.69) is 0 Å². The van der Waals surface area contributed by atoms with Crippen molar-refractivity contribution in [2.24, 2.45) is 0 Å². The molecule has 0 spiro atoms. The van der Waals surface area contributed by atoms with Gasteiger partial charge in [0.1, 0.15) is 0 Å². The predicted molar refractivity (Wildman–Crippen MR) is 257 cm³/mol. The van der Waals surface area contributed by atoms with Crippen molar-refractivity contribution in [3.05, 3.63) is 228 Å². The van der Waals surface area contributed by atoms with Crippen LogP contribution in [0.4, 0.5) is 82.9 Å². The van der Waals surface area contributed by atoms with Crippen LogP contribution in [0.5, 0.6) is 0 Å². The van der Waals surface area contributed by atoms with Crippen molar-refractivity contribution in [1.29, 1.82) is 0 Å². The Kier molecular flexibility index (Phi) is 14.1. The van der Waals surface area contributed by atoms with Crippen LogP contribution in [0.2, 0.25) is 0 Å². The first-order valence-electron chi connectivity index (χ1n) is 20.9. The molecule has 0 aliphatic rings. The lowest BCUT2D eigenvalue weighted by Crippen LogP contribution is -2.09. The smallest absolute Gasteiger partial charge is 0.200 e. The summed E-state index contributed by atoms with van der Waals surface area (Å²) in [5.41, 5.74) is 0.809. The average Bonchev–Trinajstić information content (AvgIpc) is 4.21. The lowest BCUT2D eigenvalue weighted by atomic mass is 10.1. The van der Waals surface area contributed by atoms with Gasteiger partial charge in [-0.15, -0.1) is 34.0 Å². The highest BCUT2D eigenvalue weighted by Gasteiger charge is 2.27. The molecule has 0 aliphatic carbocycles. The molecule has 0 bridgehead atoms. The summed E-state index contributed by atoms with van der Waals surface area (Å²) in [6, 6.07) is 31.6. The maximum atomic E-state index is 14.3. The normalized spacial score (nSPS) is 11.9. The molecule has 9 rings (SSSR count). The number of benzene rings is 6. The second-order valence-corrected chi connectivity index (χ2v) is 18.9. The second-order valence-electron chi connectivity index (χ2n) is 15.5. The van der Waals surface area contributed by atoms with E-state index in [4.69, 9.17) is 0 Å².